The number of carbonyl (C=O) groups is 2. The lowest BCUT2D eigenvalue weighted by molar-refractivity contribution is 0.0959. The molecule has 0 saturated carbocycles. The Kier molecular flexibility index (Phi) is 2.38. The Morgan fingerprint density at radius 3 is 2.56 bits per heavy atom. The molecule has 0 bridgehead atoms. The molecule has 3 rings (SSSR count). The molecule has 2 aromatic rings. The van der Waals surface area contributed by atoms with Crippen molar-refractivity contribution in [1.82, 2.24) is 0 Å². The highest BCUT2D eigenvalue weighted by molar-refractivity contribution is 6.33. The van der Waals surface area contributed by atoms with Crippen LogP contribution < -0.4 is 0 Å². The molecule has 0 atom stereocenters. The minimum Gasteiger partial charge on any atom is -0.457 e. The Morgan fingerprint density at radius 1 is 1.06 bits per heavy atom. The molecule has 1 aromatic heterocycles. The van der Waals surface area contributed by atoms with E-state index in [4.69, 9.17) is 16.0 Å². The second kappa shape index (κ2) is 3.82. The fourth-order valence-corrected chi connectivity index (χ4v) is 2.30. The van der Waals surface area contributed by atoms with Gasteiger partial charge in [-0.25, -0.2) is 0 Å². The zero-order valence-electron chi connectivity index (χ0n) is 9.62. The molecule has 90 valence electrons. The molecule has 1 aromatic carbocycles. The molecule has 0 aliphatic heterocycles. The van der Waals surface area contributed by atoms with Gasteiger partial charge in [0.1, 0.15) is 5.76 Å². The molecule has 1 heterocycles. The van der Waals surface area contributed by atoms with Crippen LogP contribution in [0.4, 0.5) is 0 Å². The highest BCUT2D eigenvalue weighted by atomic mass is 35.5. The van der Waals surface area contributed by atoms with Gasteiger partial charge in [0.05, 0.1) is 5.56 Å². The van der Waals surface area contributed by atoms with Gasteiger partial charge in [-0.05, 0) is 24.3 Å². The van der Waals surface area contributed by atoms with Crippen molar-refractivity contribution in [3.05, 3.63) is 57.5 Å². The summed E-state index contributed by atoms with van der Waals surface area (Å²) >= 11 is 5.86. The lowest BCUT2D eigenvalue weighted by atomic mass is 9.88. The summed E-state index contributed by atoms with van der Waals surface area (Å²) in [6.45, 7) is 1.91. The zero-order valence-corrected chi connectivity index (χ0v) is 10.4. The van der Waals surface area contributed by atoms with Crippen molar-refractivity contribution in [1.29, 1.82) is 0 Å². The largest absolute Gasteiger partial charge is 0.457 e. The number of hydrogen-bond acceptors (Lipinski definition) is 3. The molecular formula is C14H9ClO3. The van der Waals surface area contributed by atoms with Gasteiger partial charge >= 0.3 is 0 Å². The van der Waals surface area contributed by atoms with Crippen molar-refractivity contribution in [2.24, 2.45) is 0 Å². The van der Waals surface area contributed by atoms with E-state index in [1.165, 1.54) is 6.07 Å². The van der Waals surface area contributed by atoms with E-state index in [-0.39, 0.29) is 17.3 Å². The van der Waals surface area contributed by atoms with Crippen molar-refractivity contribution in [3.63, 3.8) is 0 Å². The van der Waals surface area contributed by atoms with Crippen molar-refractivity contribution in [2.75, 3.05) is 0 Å². The highest BCUT2D eigenvalue weighted by Gasteiger charge is 2.33. The molecule has 0 amide bonds. The van der Waals surface area contributed by atoms with Gasteiger partial charge in [-0.3, -0.25) is 9.59 Å². The Morgan fingerprint density at radius 2 is 1.83 bits per heavy atom. The molecule has 18 heavy (non-hydrogen) atoms. The van der Waals surface area contributed by atoms with Crippen LogP contribution in [0.3, 0.4) is 0 Å². The van der Waals surface area contributed by atoms with E-state index in [0.717, 1.165) is 0 Å². The summed E-state index contributed by atoms with van der Waals surface area (Å²) in [5, 5.41) is 0.431. The standard InChI is InChI=1S/C14H9ClO3/c1-2-8-6-11-12(16)9-4-3-7(15)5-10(9)13(17)14(11)18-8/h3-6H,2H2,1H3. The first kappa shape index (κ1) is 11.2. The number of carbonyl (C=O) groups excluding carboxylic acids is 2. The monoisotopic (exact) mass is 260 g/mol. The van der Waals surface area contributed by atoms with E-state index in [1.54, 1.807) is 18.2 Å². The second-order valence-electron chi connectivity index (χ2n) is 4.16. The lowest BCUT2D eigenvalue weighted by Gasteiger charge is -2.12. The summed E-state index contributed by atoms with van der Waals surface area (Å²) in [7, 11) is 0. The molecule has 4 heteroatoms. The summed E-state index contributed by atoms with van der Waals surface area (Å²) in [6, 6.07) is 6.35. The minimum absolute atomic E-state index is 0.131. The van der Waals surface area contributed by atoms with Gasteiger partial charge in [-0.2, -0.15) is 0 Å². The average Bonchev–Trinajstić information content (AvgIpc) is 2.80. The molecule has 3 nitrogen and oxygen atoms in total. The van der Waals surface area contributed by atoms with Crippen LogP contribution in [-0.2, 0) is 6.42 Å². The van der Waals surface area contributed by atoms with Crippen molar-refractivity contribution in [3.8, 4) is 0 Å². The van der Waals surface area contributed by atoms with Crippen LogP contribution in [0.25, 0.3) is 0 Å². The Labute approximate surface area is 108 Å². The maximum absolute atomic E-state index is 12.2. The summed E-state index contributed by atoms with van der Waals surface area (Å²) in [6.07, 6.45) is 0.644. The maximum atomic E-state index is 12.2. The number of halogens is 1. The number of benzene rings is 1. The predicted octanol–water partition coefficient (Wildman–Crippen LogP) is 3.27. The third kappa shape index (κ3) is 1.44. The number of hydrogen-bond donors (Lipinski definition) is 0. The zero-order chi connectivity index (χ0) is 12.9. The molecule has 1 aliphatic carbocycles. The van der Waals surface area contributed by atoms with Crippen LogP contribution in [-0.4, -0.2) is 11.6 Å². The molecule has 0 N–H and O–H groups in total. The molecule has 1 aliphatic rings. The molecule has 0 radical (unpaired) electrons. The van der Waals surface area contributed by atoms with E-state index in [0.29, 0.717) is 33.9 Å². The molecule has 0 fully saturated rings. The smallest absolute Gasteiger partial charge is 0.229 e. The van der Waals surface area contributed by atoms with Gasteiger partial charge in [0.25, 0.3) is 0 Å². The lowest BCUT2D eigenvalue weighted by Crippen LogP contribution is -2.18. The van der Waals surface area contributed by atoms with Crippen LogP contribution in [0, 0.1) is 0 Å². The van der Waals surface area contributed by atoms with Gasteiger partial charge in [0.15, 0.2) is 11.5 Å². The van der Waals surface area contributed by atoms with Crippen LogP contribution in [0.15, 0.2) is 28.7 Å². The van der Waals surface area contributed by atoms with Gasteiger partial charge in [-0.1, -0.05) is 18.5 Å². The Balaban J connectivity index is 2.26. The number of furan rings is 1. The molecule has 0 unspecified atom stereocenters. The molecular weight excluding hydrogens is 252 g/mol. The number of ketones is 2. The van der Waals surface area contributed by atoms with E-state index in [9.17, 15) is 9.59 Å². The van der Waals surface area contributed by atoms with Crippen LogP contribution in [0.1, 0.15) is 44.7 Å². The topological polar surface area (TPSA) is 47.3 Å². The number of aryl methyl sites for hydroxylation is 1. The van der Waals surface area contributed by atoms with Gasteiger partial charge in [0, 0.05) is 22.6 Å². The van der Waals surface area contributed by atoms with Crippen LogP contribution >= 0.6 is 11.6 Å². The van der Waals surface area contributed by atoms with Crippen molar-refractivity contribution < 1.29 is 14.0 Å². The quantitative estimate of drug-likeness (QED) is 0.675. The SMILES string of the molecule is CCc1cc2c(o1)C(=O)c1cc(Cl)ccc1C2=O. The summed E-state index contributed by atoms with van der Waals surface area (Å²) in [5.41, 5.74) is 1.06. The first-order chi connectivity index (χ1) is 8.61. The summed E-state index contributed by atoms with van der Waals surface area (Å²) in [5.74, 6) is 0.314. The minimum atomic E-state index is -0.276. The third-order valence-electron chi connectivity index (χ3n) is 3.05. The van der Waals surface area contributed by atoms with Gasteiger partial charge < -0.3 is 4.42 Å². The van der Waals surface area contributed by atoms with Gasteiger partial charge in [0.2, 0.25) is 5.78 Å². The third-order valence-corrected chi connectivity index (χ3v) is 3.29. The van der Waals surface area contributed by atoms with Crippen LogP contribution in [0.2, 0.25) is 5.02 Å². The van der Waals surface area contributed by atoms with Crippen molar-refractivity contribution >= 4 is 23.2 Å². The van der Waals surface area contributed by atoms with Crippen LogP contribution in [0.5, 0.6) is 0 Å². The summed E-state index contributed by atoms with van der Waals surface area (Å²) in [4.78, 5) is 24.5. The Hall–Kier alpha value is -1.87. The van der Waals surface area contributed by atoms with E-state index in [1.807, 2.05) is 6.92 Å². The second-order valence-corrected chi connectivity index (χ2v) is 4.59. The average molecular weight is 261 g/mol. The van der Waals surface area contributed by atoms with E-state index in [2.05, 4.69) is 0 Å². The number of rotatable bonds is 1. The predicted molar refractivity (Wildman–Crippen MR) is 66.4 cm³/mol. The Bertz CT molecular complexity index is 682. The fourth-order valence-electron chi connectivity index (χ4n) is 2.12. The van der Waals surface area contributed by atoms with Crippen molar-refractivity contribution in [2.45, 2.75) is 13.3 Å². The van der Waals surface area contributed by atoms with E-state index < -0.39 is 0 Å². The first-order valence-corrected chi connectivity index (χ1v) is 6.01. The highest BCUT2D eigenvalue weighted by Crippen LogP contribution is 2.31. The molecule has 0 saturated heterocycles. The fraction of sp³-hybridized carbons (Fsp3) is 0.143. The van der Waals surface area contributed by atoms with Gasteiger partial charge in [-0.15, -0.1) is 0 Å². The molecule has 0 spiro atoms. The maximum Gasteiger partial charge on any atom is 0.229 e. The van der Waals surface area contributed by atoms with E-state index >= 15 is 0 Å². The summed E-state index contributed by atoms with van der Waals surface area (Å²) < 4.78 is 5.42. The number of fused-ring (bicyclic) bond motifs is 2. The normalized spacial score (nSPS) is 13.4. The first-order valence-electron chi connectivity index (χ1n) is 5.63.